The molecule has 2 aliphatic rings. The van der Waals surface area contributed by atoms with Crippen LogP contribution in [0.5, 0.6) is 5.88 Å². The van der Waals surface area contributed by atoms with Crippen LogP contribution in [0.15, 0.2) is 48.7 Å². The van der Waals surface area contributed by atoms with E-state index < -0.39 is 0 Å². The number of aromatic nitrogens is 1. The van der Waals surface area contributed by atoms with Crippen LogP contribution in [-0.2, 0) is 11.3 Å². The minimum Gasteiger partial charge on any atom is -0.477 e. The van der Waals surface area contributed by atoms with Gasteiger partial charge in [0.05, 0.1) is 19.8 Å². The van der Waals surface area contributed by atoms with Gasteiger partial charge in [0.25, 0.3) is 0 Å². The summed E-state index contributed by atoms with van der Waals surface area (Å²) in [4.78, 5) is 4.34. The zero-order chi connectivity index (χ0) is 19.9. The fourth-order valence-corrected chi connectivity index (χ4v) is 5.13. The Morgan fingerprint density at radius 2 is 1.93 bits per heavy atom. The van der Waals surface area contributed by atoms with Gasteiger partial charge in [-0.3, -0.25) is 0 Å². The molecule has 2 saturated heterocycles. The lowest BCUT2D eigenvalue weighted by molar-refractivity contribution is 0.0745. The molecule has 1 aromatic carbocycles. The van der Waals surface area contributed by atoms with Crippen molar-refractivity contribution >= 4 is 12.1 Å². The number of rotatable bonds is 7. The largest absolute Gasteiger partial charge is 0.477 e. The van der Waals surface area contributed by atoms with Gasteiger partial charge in [0.2, 0.25) is 5.88 Å². The van der Waals surface area contributed by atoms with Gasteiger partial charge >= 0.3 is 0 Å². The summed E-state index contributed by atoms with van der Waals surface area (Å²) in [6.45, 7) is 6.85. The molecule has 3 heterocycles. The Balaban J connectivity index is 1.41. The number of benzene rings is 1. The first-order valence-electron chi connectivity index (χ1n) is 10.4. The van der Waals surface area contributed by atoms with Crippen molar-refractivity contribution < 1.29 is 9.47 Å². The number of nitrogens with two attached hydrogens (primary N) is 1. The Kier molecular flexibility index (Phi) is 7.40. The van der Waals surface area contributed by atoms with Crippen molar-refractivity contribution in [2.24, 2.45) is 11.7 Å². The number of hydrogen-bond donors (Lipinski definition) is 1. The second kappa shape index (κ2) is 10.4. The Bertz CT molecular complexity index is 757. The number of nitrogens with zero attached hydrogens (tertiary/aromatic N) is 3. The topological polar surface area (TPSA) is 63.9 Å². The smallest absolute Gasteiger partial charge is 0.213 e. The summed E-state index contributed by atoms with van der Waals surface area (Å²) >= 11 is 1.87. The van der Waals surface area contributed by atoms with E-state index in [0.717, 1.165) is 51.4 Å². The van der Waals surface area contributed by atoms with Crippen molar-refractivity contribution in [2.45, 2.75) is 18.9 Å². The Morgan fingerprint density at radius 1 is 1.10 bits per heavy atom. The van der Waals surface area contributed by atoms with Gasteiger partial charge in [0, 0.05) is 63.0 Å². The van der Waals surface area contributed by atoms with Crippen LogP contribution >= 0.6 is 12.1 Å². The van der Waals surface area contributed by atoms with Gasteiger partial charge in [0.15, 0.2) is 0 Å². The summed E-state index contributed by atoms with van der Waals surface area (Å²) in [6.07, 6.45) is 2.90. The Hall–Kier alpha value is -1.64. The van der Waals surface area contributed by atoms with E-state index in [1.165, 1.54) is 5.56 Å². The molecule has 0 radical (unpaired) electrons. The molecule has 0 spiro atoms. The van der Waals surface area contributed by atoms with E-state index in [1.54, 1.807) is 6.20 Å². The van der Waals surface area contributed by atoms with Gasteiger partial charge in [-0.2, -0.15) is 0 Å². The molecule has 2 N–H and O–H groups in total. The maximum Gasteiger partial charge on any atom is 0.213 e. The molecule has 2 unspecified atom stereocenters. The van der Waals surface area contributed by atoms with Crippen molar-refractivity contribution in [3.8, 4) is 5.88 Å². The van der Waals surface area contributed by atoms with Crippen LogP contribution in [0.1, 0.15) is 23.5 Å². The van der Waals surface area contributed by atoms with Crippen molar-refractivity contribution in [3.63, 3.8) is 0 Å². The standard InChI is InChI=1S/C22H30N4O2S/c23-14-18-6-7-24-22(13-18)28-17-19-12-21(20-4-2-1-3-5-20)16-26(15-19)29-25-8-10-27-11-9-25/h1-7,13,19,21H,8-12,14-17,23H2. The molecule has 2 aliphatic heterocycles. The average Bonchev–Trinajstić information content (AvgIpc) is 2.79. The van der Waals surface area contributed by atoms with Gasteiger partial charge in [-0.1, -0.05) is 30.3 Å². The summed E-state index contributed by atoms with van der Waals surface area (Å²) in [5.41, 5.74) is 8.20. The maximum absolute atomic E-state index is 6.07. The van der Waals surface area contributed by atoms with Crippen molar-refractivity contribution in [2.75, 3.05) is 46.0 Å². The lowest BCUT2D eigenvalue weighted by Gasteiger charge is -2.39. The zero-order valence-corrected chi connectivity index (χ0v) is 17.6. The van der Waals surface area contributed by atoms with Crippen LogP contribution in [-0.4, -0.2) is 59.6 Å². The van der Waals surface area contributed by atoms with E-state index in [1.807, 2.05) is 24.3 Å². The molecule has 0 saturated carbocycles. The van der Waals surface area contributed by atoms with Crippen LogP contribution in [0, 0.1) is 5.92 Å². The fraction of sp³-hybridized carbons (Fsp3) is 0.500. The van der Waals surface area contributed by atoms with Crippen LogP contribution < -0.4 is 10.5 Å². The van der Waals surface area contributed by atoms with E-state index in [-0.39, 0.29) is 0 Å². The minimum absolute atomic E-state index is 0.450. The average molecular weight is 415 g/mol. The number of hydrogen-bond acceptors (Lipinski definition) is 7. The molecular formula is C22H30N4O2S. The fourth-order valence-electron chi connectivity index (χ4n) is 3.97. The number of morpholine rings is 1. The molecule has 0 bridgehead atoms. The maximum atomic E-state index is 6.07. The molecule has 0 amide bonds. The molecule has 156 valence electrons. The molecule has 2 atom stereocenters. The summed E-state index contributed by atoms with van der Waals surface area (Å²) in [7, 11) is 0. The second-order valence-corrected chi connectivity index (χ2v) is 8.89. The molecule has 0 aliphatic carbocycles. The third-order valence-electron chi connectivity index (χ3n) is 5.48. The first-order valence-corrected chi connectivity index (χ1v) is 11.1. The third-order valence-corrected chi connectivity index (χ3v) is 6.60. The highest BCUT2D eigenvalue weighted by Crippen LogP contribution is 2.34. The molecule has 4 rings (SSSR count). The third kappa shape index (κ3) is 5.93. The number of piperidine rings is 1. The van der Waals surface area contributed by atoms with Gasteiger partial charge in [-0.15, -0.1) is 0 Å². The van der Waals surface area contributed by atoms with E-state index in [2.05, 4.69) is 43.9 Å². The SMILES string of the molecule is NCc1ccnc(OCC2CC(c3ccccc3)CN(SN3CCOCC3)C2)c1. The Labute approximate surface area is 177 Å². The highest BCUT2D eigenvalue weighted by molar-refractivity contribution is 7.94. The summed E-state index contributed by atoms with van der Waals surface area (Å²) in [5.74, 6) is 1.63. The van der Waals surface area contributed by atoms with Crippen LogP contribution in [0.3, 0.4) is 0 Å². The lowest BCUT2D eigenvalue weighted by atomic mass is 9.86. The van der Waals surface area contributed by atoms with Crippen molar-refractivity contribution in [1.82, 2.24) is 13.6 Å². The highest BCUT2D eigenvalue weighted by Gasteiger charge is 2.30. The minimum atomic E-state index is 0.450. The van der Waals surface area contributed by atoms with E-state index in [4.69, 9.17) is 15.2 Å². The molecule has 1 aromatic heterocycles. The van der Waals surface area contributed by atoms with Gasteiger partial charge in [0.1, 0.15) is 0 Å². The molecule has 7 heteroatoms. The number of ether oxygens (including phenoxy) is 2. The molecule has 29 heavy (non-hydrogen) atoms. The quantitative estimate of drug-likeness (QED) is 0.699. The van der Waals surface area contributed by atoms with Gasteiger partial charge in [-0.25, -0.2) is 13.6 Å². The normalized spacial score (nSPS) is 23.8. The first kappa shape index (κ1) is 20.6. The van der Waals surface area contributed by atoms with Gasteiger partial charge < -0.3 is 15.2 Å². The monoisotopic (exact) mass is 414 g/mol. The summed E-state index contributed by atoms with van der Waals surface area (Å²) < 4.78 is 16.5. The highest BCUT2D eigenvalue weighted by atomic mass is 32.2. The van der Waals surface area contributed by atoms with E-state index in [9.17, 15) is 0 Å². The van der Waals surface area contributed by atoms with E-state index in [0.29, 0.717) is 30.9 Å². The lowest BCUT2D eigenvalue weighted by Crippen LogP contribution is -2.42. The van der Waals surface area contributed by atoms with Crippen LogP contribution in [0.25, 0.3) is 0 Å². The molecule has 6 nitrogen and oxygen atoms in total. The second-order valence-electron chi connectivity index (χ2n) is 7.70. The van der Waals surface area contributed by atoms with Crippen molar-refractivity contribution in [3.05, 3.63) is 59.8 Å². The van der Waals surface area contributed by atoms with Gasteiger partial charge in [-0.05, 0) is 29.5 Å². The predicted molar refractivity (Wildman–Crippen MR) is 116 cm³/mol. The van der Waals surface area contributed by atoms with Crippen LogP contribution in [0.4, 0.5) is 0 Å². The Morgan fingerprint density at radius 3 is 2.72 bits per heavy atom. The summed E-state index contributed by atoms with van der Waals surface area (Å²) in [5, 5.41) is 0. The van der Waals surface area contributed by atoms with E-state index >= 15 is 0 Å². The predicted octanol–water partition coefficient (Wildman–Crippen LogP) is 2.92. The summed E-state index contributed by atoms with van der Waals surface area (Å²) in [6, 6.07) is 14.7. The molecule has 2 fully saturated rings. The zero-order valence-electron chi connectivity index (χ0n) is 16.8. The molecular weight excluding hydrogens is 384 g/mol. The van der Waals surface area contributed by atoms with Crippen molar-refractivity contribution in [1.29, 1.82) is 0 Å². The molecule has 2 aromatic rings. The number of pyridine rings is 1. The van der Waals surface area contributed by atoms with Crippen LogP contribution in [0.2, 0.25) is 0 Å². The first-order chi connectivity index (χ1) is 14.3.